The van der Waals surface area contributed by atoms with Gasteiger partial charge in [-0.05, 0) is 36.8 Å². The smallest absolute Gasteiger partial charge is 0.280 e. The molecule has 0 fully saturated rings. The number of para-hydroxylation sites is 1. The summed E-state index contributed by atoms with van der Waals surface area (Å²) in [6.07, 6.45) is 1.72. The molecule has 1 aliphatic rings. The summed E-state index contributed by atoms with van der Waals surface area (Å²) in [5, 5.41) is 6.20. The van der Waals surface area contributed by atoms with Crippen molar-refractivity contribution < 1.29 is 14.3 Å². The van der Waals surface area contributed by atoms with Gasteiger partial charge in [0.1, 0.15) is 0 Å². The normalized spacial score (nSPS) is 15.5. The Labute approximate surface area is 151 Å². The topological polar surface area (TPSA) is 51.1 Å². The van der Waals surface area contributed by atoms with Crippen LogP contribution in [0.15, 0.2) is 53.1 Å². The predicted molar refractivity (Wildman–Crippen MR) is 99.6 cm³/mol. The first-order valence-corrected chi connectivity index (χ1v) is 8.01. The first-order valence-electron chi connectivity index (χ1n) is 7.63. The maximum absolute atomic E-state index is 12.8. The Morgan fingerprint density at radius 2 is 1.72 bits per heavy atom. The molecule has 128 valence electrons. The number of benzene rings is 2. The van der Waals surface area contributed by atoms with E-state index < -0.39 is 0 Å². The number of anilines is 1. The Kier molecular flexibility index (Phi) is 4.76. The third-order valence-electron chi connectivity index (χ3n) is 3.87. The molecule has 0 unspecified atom stereocenters. The standard InChI is InChI=1S/C19H17ClN2O3/c1-12-15(19(23)22(21-12)14-7-5-4-6-8-14)9-13-10-17(24-2)18(25-3)11-16(13)20/h4-11H,1-3H3/b15-9-. The predicted octanol–water partition coefficient (Wildman–Crippen LogP) is 4.16. The summed E-state index contributed by atoms with van der Waals surface area (Å²) in [5.41, 5.74) is 2.48. The number of hydrazone groups is 1. The molecular weight excluding hydrogens is 340 g/mol. The van der Waals surface area contributed by atoms with E-state index in [-0.39, 0.29) is 5.91 Å². The molecule has 1 amide bonds. The molecule has 25 heavy (non-hydrogen) atoms. The summed E-state index contributed by atoms with van der Waals surface area (Å²) in [5.74, 6) is 0.872. The number of ether oxygens (including phenoxy) is 2. The summed E-state index contributed by atoms with van der Waals surface area (Å²) < 4.78 is 10.5. The lowest BCUT2D eigenvalue weighted by molar-refractivity contribution is -0.114. The van der Waals surface area contributed by atoms with E-state index in [4.69, 9.17) is 21.1 Å². The van der Waals surface area contributed by atoms with Crippen molar-refractivity contribution in [3.63, 3.8) is 0 Å². The Morgan fingerprint density at radius 3 is 2.36 bits per heavy atom. The van der Waals surface area contributed by atoms with Crippen LogP contribution in [0.4, 0.5) is 5.69 Å². The lowest BCUT2D eigenvalue weighted by Crippen LogP contribution is -2.21. The Morgan fingerprint density at radius 1 is 1.08 bits per heavy atom. The number of carbonyl (C=O) groups excluding carboxylic acids is 1. The van der Waals surface area contributed by atoms with Crippen LogP contribution in [0.1, 0.15) is 12.5 Å². The number of methoxy groups -OCH3 is 2. The van der Waals surface area contributed by atoms with Crippen molar-refractivity contribution in [2.45, 2.75) is 6.92 Å². The van der Waals surface area contributed by atoms with Crippen molar-refractivity contribution in [1.82, 2.24) is 0 Å². The molecule has 5 nitrogen and oxygen atoms in total. The molecule has 1 heterocycles. The van der Waals surface area contributed by atoms with Crippen LogP contribution in [0, 0.1) is 0 Å². The van der Waals surface area contributed by atoms with Crippen LogP contribution in [0.3, 0.4) is 0 Å². The van der Waals surface area contributed by atoms with Gasteiger partial charge in [-0.2, -0.15) is 10.1 Å². The molecule has 0 spiro atoms. The number of hydrogen-bond donors (Lipinski definition) is 0. The average Bonchev–Trinajstić information content (AvgIpc) is 2.91. The monoisotopic (exact) mass is 356 g/mol. The first-order chi connectivity index (χ1) is 12.0. The average molecular weight is 357 g/mol. The van der Waals surface area contributed by atoms with Gasteiger partial charge in [0.25, 0.3) is 5.91 Å². The fourth-order valence-electron chi connectivity index (χ4n) is 2.56. The van der Waals surface area contributed by atoms with Crippen molar-refractivity contribution in [2.24, 2.45) is 5.10 Å². The van der Waals surface area contributed by atoms with Crippen molar-refractivity contribution in [3.8, 4) is 11.5 Å². The van der Waals surface area contributed by atoms with Gasteiger partial charge in [0.15, 0.2) is 11.5 Å². The molecule has 1 aliphatic heterocycles. The van der Waals surface area contributed by atoms with Crippen molar-refractivity contribution >= 4 is 35.0 Å². The van der Waals surface area contributed by atoms with Crippen LogP contribution in [0.25, 0.3) is 6.08 Å². The first kappa shape index (κ1) is 17.0. The van der Waals surface area contributed by atoms with E-state index in [1.165, 1.54) is 5.01 Å². The van der Waals surface area contributed by atoms with Crippen LogP contribution in [0.2, 0.25) is 5.02 Å². The quantitative estimate of drug-likeness (QED) is 0.773. The fourth-order valence-corrected chi connectivity index (χ4v) is 2.77. The summed E-state index contributed by atoms with van der Waals surface area (Å²) in [6.45, 7) is 1.79. The maximum atomic E-state index is 12.8. The van der Waals surface area contributed by atoms with Gasteiger partial charge in [0, 0.05) is 6.07 Å². The van der Waals surface area contributed by atoms with Crippen LogP contribution >= 0.6 is 11.6 Å². The fraction of sp³-hybridized carbons (Fsp3) is 0.158. The molecule has 0 radical (unpaired) electrons. The van der Waals surface area contributed by atoms with Gasteiger partial charge < -0.3 is 9.47 Å². The maximum Gasteiger partial charge on any atom is 0.280 e. The highest BCUT2D eigenvalue weighted by Gasteiger charge is 2.28. The van der Waals surface area contributed by atoms with E-state index in [1.807, 2.05) is 30.3 Å². The second-order valence-electron chi connectivity index (χ2n) is 5.42. The molecule has 6 heteroatoms. The van der Waals surface area contributed by atoms with Gasteiger partial charge in [-0.15, -0.1) is 0 Å². The summed E-state index contributed by atoms with van der Waals surface area (Å²) in [4.78, 5) is 12.8. The Bertz CT molecular complexity index is 876. The lowest BCUT2D eigenvalue weighted by Gasteiger charge is -2.12. The van der Waals surface area contributed by atoms with Gasteiger partial charge in [-0.1, -0.05) is 29.8 Å². The summed E-state index contributed by atoms with van der Waals surface area (Å²) in [7, 11) is 3.09. The van der Waals surface area contributed by atoms with Gasteiger partial charge in [-0.3, -0.25) is 4.79 Å². The SMILES string of the molecule is COc1cc(Cl)c(/C=C2\C(=O)N(c3ccccc3)N=C2C)cc1OC. The van der Waals surface area contributed by atoms with E-state index in [1.54, 1.807) is 39.4 Å². The highest BCUT2D eigenvalue weighted by molar-refractivity contribution is 6.35. The van der Waals surface area contributed by atoms with E-state index in [9.17, 15) is 4.79 Å². The number of hydrogen-bond acceptors (Lipinski definition) is 4. The summed E-state index contributed by atoms with van der Waals surface area (Å²) >= 11 is 6.32. The number of nitrogens with zero attached hydrogens (tertiary/aromatic N) is 2. The second-order valence-corrected chi connectivity index (χ2v) is 5.83. The van der Waals surface area contributed by atoms with E-state index in [2.05, 4.69) is 5.10 Å². The molecule has 0 atom stereocenters. The minimum Gasteiger partial charge on any atom is -0.493 e. The molecule has 0 aliphatic carbocycles. The highest BCUT2D eigenvalue weighted by Crippen LogP contribution is 2.35. The van der Waals surface area contributed by atoms with E-state index in [0.717, 1.165) is 0 Å². The Balaban J connectivity index is 2.00. The number of carbonyl (C=O) groups is 1. The van der Waals surface area contributed by atoms with Gasteiger partial charge >= 0.3 is 0 Å². The Hall–Kier alpha value is -2.79. The molecule has 0 saturated heterocycles. The molecule has 3 rings (SSSR count). The molecule has 0 aromatic heterocycles. The lowest BCUT2D eigenvalue weighted by atomic mass is 10.1. The van der Waals surface area contributed by atoms with E-state index >= 15 is 0 Å². The molecule has 0 bridgehead atoms. The number of amides is 1. The van der Waals surface area contributed by atoms with Crippen LogP contribution in [0.5, 0.6) is 11.5 Å². The van der Waals surface area contributed by atoms with E-state index in [0.29, 0.717) is 39.1 Å². The molecular formula is C19H17ClN2O3. The van der Waals surface area contributed by atoms with Gasteiger partial charge in [0.05, 0.1) is 36.2 Å². The minimum atomic E-state index is -0.199. The largest absolute Gasteiger partial charge is 0.493 e. The zero-order valence-corrected chi connectivity index (χ0v) is 14.9. The van der Waals surface area contributed by atoms with Crippen LogP contribution in [-0.2, 0) is 4.79 Å². The third kappa shape index (κ3) is 3.23. The third-order valence-corrected chi connectivity index (χ3v) is 4.19. The van der Waals surface area contributed by atoms with Crippen LogP contribution < -0.4 is 14.5 Å². The van der Waals surface area contributed by atoms with Crippen molar-refractivity contribution in [3.05, 3.63) is 58.6 Å². The molecule has 2 aromatic carbocycles. The van der Waals surface area contributed by atoms with Gasteiger partial charge in [0.2, 0.25) is 0 Å². The molecule has 2 aromatic rings. The summed E-state index contributed by atoms with van der Waals surface area (Å²) in [6, 6.07) is 12.7. The minimum absolute atomic E-state index is 0.199. The number of halogens is 1. The van der Waals surface area contributed by atoms with Crippen molar-refractivity contribution in [2.75, 3.05) is 19.2 Å². The highest BCUT2D eigenvalue weighted by atomic mass is 35.5. The zero-order valence-electron chi connectivity index (χ0n) is 14.1. The van der Waals surface area contributed by atoms with Crippen molar-refractivity contribution in [1.29, 1.82) is 0 Å². The molecule has 0 N–H and O–H groups in total. The second kappa shape index (κ2) is 6.99. The van der Waals surface area contributed by atoms with Gasteiger partial charge in [-0.25, -0.2) is 0 Å². The number of rotatable bonds is 4. The zero-order chi connectivity index (χ0) is 18.0. The van der Waals surface area contributed by atoms with Crippen LogP contribution in [-0.4, -0.2) is 25.8 Å². The molecule has 0 saturated carbocycles.